The number of ether oxygens (including phenoxy) is 6. The summed E-state index contributed by atoms with van der Waals surface area (Å²) in [7, 11) is 4.35. The molecule has 1 aliphatic rings. The Morgan fingerprint density at radius 3 is 2.12 bits per heavy atom. The average Bonchev–Trinajstić information content (AvgIpc) is 2.64. The van der Waals surface area contributed by atoms with Gasteiger partial charge in [0.25, 0.3) is 0 Å². The van der Waals surface area contributed by atoms with Crippen molar-refractivity contribution < 1.29 is 38.0 Å². The van der Waals surface area contributed by atoms with Crippen LogP contribution in [-0.4, -0.2) is 69.6 Å². The number of hydrogen-bond donors (Lipinski definition) is 0. The lowest BCUT2D eigenvalue weighted by Crippen LogP contribution is -2.68. The van der Waals surface area contributed by atoms with Crippen LogP contribution in [0.1, 0.15) is 34.1 Å². The highest BCUT2D eigenvalue weighted by Crippen LogP contribution is 2.40. The zero-order chi connectivity index (χ0) is 20.0. The average molecular weight is 374 g/mol. The van der Waals surface area contributed by atoms with E-state index < -0.39 is 35.9 Å². The summed E-state index contributed by atoms with van der Waals surface area (Å²) in [6, 6.07) is 0. The number of ketones is 1. The molecule has 150 valence electrons. The fourth-order valence-corrected chi connectivity index (χ4v) is 2.69. The fourth-order valence-electron chi connectivity index (χ4n) is 2.69. The highest BCUT2D eigenvalue weighted by molar-refractivity contribution is 5.84. The van der Waals surface area contributed by atoms with Crippen molar-refractivity contribution in [3.8, 4) is 0 Å². The molecular formula is C18H30O8. The van der Waals surface area contributed by atoms with E-state index in [0.29, 0.717) is 0 Å². The Hall–Kier alpha value is -1.32. The summed E-state index contributed by atoms with van der Waals surface area (Å²) in [5.41, 5.74) is 0. The number of hydrogen-bond acceptors (Lipinski definition) is 8. The molecule has 0 saturated carbocycles. The van der Waals surface area contributed by atoms with Crippen LogP contribution in [0.3, 0.4) is 0 Å². The monoisotopic (exact) mass is 374 g/mol. The fraction of sp³-hybridized carbons (Fsp3) is 0.778. The van der Waals surface area contributed by atoms with Gasteiger partial charge in [0.1, 0.15) is 18.3 Å². The second-order valence-corrected chi connectivity index (χ2v) is 6.05. The normalized spacial score (nSPS) is 33.2. The minimum atomic E-state index is -1.31. The van der Waals surface area contributed by atoms with Crippen molar-refractivity contribution in [2.75, 3.05) is 27.9 Å². The summed E-state index contributed by atoms with van der Waals surface area (Å²) in [4.78, 5) is 24.1. The first kappa shape index (κ1) is 22.7. The van der Waals surface area contributed by atoms with E-state index in [0.717, 1.165) is 0 Å². The van der Waals surface area contributed by atoms with Crippen LogP contribution >= 0.6 is 0 Å². The summed E-state index contributed by atoms with van der Waals surface area (Å²) < 4.78 is 33.3. The molecule has 1 aliphatic heterocycles. The van der Waals surface area contributed by atoms with Gasteiger partial charge in [0.2, 0.25) is 11.6 Å². The van der Waals surface area contributed by atoms with Gasteiger partial charge in [0.15, 0.2) is 5.78 Å². The SMILES string of the molecule is CCOC(=O)/C=C/[C@H](OC)[C@@H]1O[C@@](C)(OC)[C@](C)(OC)O[C@H]1C(=O)CC. The molecule has 0 aromatic heterocycles. The number of rotatable bonds is 9. The van der Waals surface area contributed by atoms with Gasteiger partial charge in [-0.1, -0.05) is 6.92 Å². The van der Waals surface area contributed by atoms with Crippen LogP contribution in [0.5, 0.6) is 0 Å². The smallest absolute Gasteiger partial charge is 0.330 e. The summed E-state index contributed by atoms with van der Waals surface area (Å²) in [6.45, 7) is 6.99. The largest absolute Gasteiger partial charge is 0.463 e. The van der Waals surface area contributed by atoms with E-state index in [1.54, 1.807) is 27.7 Å². The summed E-state index contributed by atoms with van der Waals surface area (Å²) in [5.74, 6) is -3.30. The maximum atomic E-state index is 12.5. The van der Waals surface area contributed by atoms with Gasteiger partial charge in [-0.25, -0.2) is 4.79 Å². The number of carbonyl (C=O) groups is 2. The zero-order valence-electron chi connectivity index (χ0n) is 16.6. The van der Waals surface area contributed by atoms with Crippen molar-refractivity contribution in [3.63, 3.8) is 0 Å². The maximum absolute atomic E-state index is 12.5. The van der Waals surface area contributed by atoms with Crippen LogP contribution in [0.15, 0.2) is 12.2 Å². The van der Waals surface area contributed by atoms with E-state index >= 15 is 0 Å². The van der Waals surface area contributed by atoms with Crippen molar-refractivity contribution in [1.82, 2.24) is 0 Å². The topological polar surface area (TPSA) is 89.5 Å². The van der Waals surface area contributed by atoms with E-state index in [-0.39, 0.29) is 18.8 Å². The first-order valence-electron chi connectivity index (χ1n) is 8.58. The quantitative estimate of drug-likeness (QED) is 0.444. The van der Waals surface area contributed by atoms with Crippen molar-refractivity contribution in [3.05, 3.63) is 12.2 Å². The lowest BCUT2D eigenvalue weighted by atomic mass is 9.96. The second kappa shape index (κ2) is 9.57. The number of Topliss-reactive ketones (excluding diaryl/α,β-unsaturated/α-hetero) is 1. The Morgan fingerprint density at radius 1 is 1.08 bits per heavy atom. The van der Waals surface area contributed by atoms with E-state index in [2.05, 4.69) is 0 Å². The van der Waals surface area contributed by atoms with Crippen LogP contribution in [0.25, 0.3) is 0 Å². The lowest BCUT2D eigenvalue weighted by Gasteiger charge is -2.52. The molecule has 0 aromatic carbocycles. The van der Waals surface area contributed by atoms with Crippen LogP contribution in [-0.2, 0) is 38.0 Å². The third-order valence-corrected chi connectivity index (χ3v) is 4.59. The molecule has 1 fully saturated rings. The van der Waals surface area contributed by atoms with Crippen LogP contribution < -0.4 is 0 Å². The van der Waals surface area contributed by atoms with Gasteiger partial charge in [0.05, 0.1) is 6.61 Å². The molecule has 1 heterocycles. The standard InChI is InChI=1S/C18H30O8/c1-8-12(19)15-16(13(21-5)10-11-14(20)24-9-2)26-18(4,23-7)17(3,22-6)25-15/h10-11,13,15-16H,8-9H2,1-7H3/b11-10+/t13-,15-,16-,17+,18+/m0/s1. The van der Waals surface area contributed by atoms with E-state index in [1.807, 2.05) is 0 Å². The molecule has 0 spiro atoms. The first-order chi connectivity index (χ1) is 12.2. The molecule has 1 saturated heterocycles. The van der Waals surface area contributed by atoms with Crippen molar-refractivity contribution in [2.24, 2.45) is 0 Å². The van der Waals surface area contributed by atoms with Gasteiger partial charge < -0.3 is 28.4 Å². The van der Waals surface area contributed by atoms with Gasteiger partial charge in [-0.05, 0) is 26.8 Å². The molecule has 8 heteroatoms. The third-order valence-electron chi connectivity index (χ3n) is 4.59. The Labute approximate surface area is 154 Å². The van der Waals surface area contributed by atoms with E-state index in [1.165, 1.54) is 33.5 Å². The number of methoxy groups -OCH3 is 3. The first-order valence-corrected chi connectivity index (χ1v) is 8.58. The van der Waals surface area contributed by atoms with Gasteiger partial charge in [-0.2, -0.15) is 0 Å². The molecule has 0 amide bonds. The van der Waals surface area contributed by atoms with Crippen LogP contribution in [0.4, 0.5) is 0 Å². The van der Waals surface area contributed by atoms with Gasteiger partial charge in [-0.15, -0.1) is 0 Å². The highest BCUT2D eigenvalue weighted by atomic mass is 16.8. The Balaban J connectivity index is 3.21. The van der Waals surface area contributed by atoms with Crippen molar-refractivity contribution in [2.45, 2.75) is 64.0 Å². The predicted molar refractivity (Wildman–Crippen MR) is 92.4 cm³/mol. The van der Waals surface area contributed by atoms with E-state index in [4.69, 9.17) is 28.4 Å². The van der Waals surface area contributed by atoms with Crippen LogP contribution in [0.2, 0.25) is 0 Å². The molecule has 0 aromatic rings. The zero-order valence-corrected chi connectivity index (χ0v) is 16.6. The Morgan fingerprint density at radius 2 is 1.65 bits per heavy atom. The van der Waals surface area contributed by atoms with E-state index in [9.17, 15) is 9.59 Å². The molecular weight excluding hydrogens is 344 g/mol. The van der Waals surface area contributed by atoms with Gasteiger partial charge in [-0.3, -0.25) is 4.79 Å². The molecule has 0 N–H and O–H groups in total. The molecule has 8 nitrogen and oxygen atoms in total. The number of carbonyl (C=O) groups excluding carboxylic acids is 2. The molecule has 5 atom stereocenters. The third kappa shape index (κ3) is 4.69. The summed E-state index contributed by atoms with van der Waals surface area (Å²) in [6.07, 6.45) is 0.426. The molecule has 0 bridgehead atoms. The minimum Gasteiger partial charge on any atom is -0.463 e. The highest BCUT2D eigenvalue weighted by Gasteiger charge is 2.59. The summed E-state index contributed by atoms with van der Waals surface area (Å²) in [5, 5.41) is 0. The predicted octanol–water partition coefficient (Wildman–Crippen LogP) is 1.61. The molecule has 1 rings (SSSR count). The Kier molecular flexibility index (Phi) is 8.36. The van der Waals surface area contributed by atoms with Gasteiger partial charge >= 0.3 is 5.97 Å². The number of esters is 1. The van der Waals surface area contributed by atoms with Crippen molar-refractivity contribution in [1.29, 1.82) is 0 Å². The van der Waals surface area contributed by atoms with Crippen molar-refractivity contribution >= 4 is 11.8 Å². The summed E-state index contributed by atoms with van der Waals surface area (Å²) >= 11 is 0. The molecule has 0 unspecified atom stereocenters. The second-order valence-electron chi connectivity index (χ2n) is 6.05. The molecule has 0 aliphatic carbocycles. The molecule has 0 radical (unpaired) electrons. The maximum Gasteiger partial charge on any atom is 0.330 e. The lowest BCUT2D eigenvalue weighted by molar-refractivity contribution is -0.446. The van der Waals surface area contributed by atoms with Gasteiger partial charge in [0, 0.05) is 33.8 Å². The molecule has 26 heavy (non-hydrogen) atoms. The Bertz CT molecular complexity index is 519. The van der Waals surface area contributed by atoms with Crippen LogP contribution in [0, 0.1) is 0 Å². The minimum absolute atomic E-state index is 0.178.